The summed E-state index contributed by atoms with van der Waals surface area (Å²) < 4.78 is 0. The van der Waals surface area contributed by atoms with Gasteiger partial charge in [-0.1, -0.05) is 13.8 Å². The zero-order chi connectivity index (χ0) is 13.0. The Hall–Kier alpha value is -0.160. The van der Waals surface area contributed by atoms with Gasteiger partial charge in [0.15, 0.2) is 0 Å². The third kappa shape index (κ3) is 4.21. The standard InChI is InChI=1S/C13H29N3O/c1-10(2)7-12(14)13(9-17)16-6-5-15(4)8-11(16)3/h10-13,17H,5-9,14H2,1-4H3. The predicted octanol–water partition coefficient (Wildman–Crippen LogP) is 0.357. The van der Waals surface area contributed by atoms with Crippen molar-refractivity contribution in [2.45, 2.75) is 45.3 Å². The Kier molecular flexibility index (Phi) is 5.86. The Morgan fingerprint density at radius 3 is 2.47 bits per heavy atom. The van der Waals surface area contributed by atoms with Crippen molar-refractivity contribution in [3.05, 3.63) is 0 Å². The van der Waals surface area contributed by atoms with E-state index in [0.29, 0.717) is 12.0 Å². The molecule has 3 atom stereocenters. The lowest BCUT2D eigenvalue weighted by Gasteiger charge is -2.44. The summed E-state index contributed by atoms with van der Waals surface area (Å²) in [7, 11) is 2.15. The Bertz CT molecular complexity index is 223. The van der Waals surface area contributed by atoms with Gasteiger partial charge in [-0.05, 0) is 26.3 Å². The molecule has 0 aromatic heterocycles. The van der Waals surface area contributed by atoms with Crippen LogP contribution in [0.15, 0.2) is 0 Å². The van der Waals surface area contributed by atoms with Crippen molar-refractivity contribution in [3.8, 4) is 0 Å². The minimum absolute atomic E-state index is 0.0749. The number of piperazine rings is 1. The summed E-state index contributed by atoms with van der Waals surface area (Å²) in [6, 6.07) is 0.663. The van der Waals surface area contributed by atoms with Crippen molar-refractivity contribution >= 4 is 0 Å². The predicted molar refractivity (Wildman–Crippen MR) is 72.0 cm³/mol. The minimum atomic E-state index is 0.0749. The summed E-state index contributed by atoms with van der Waals surface area (Å²) in [5.41, 5.74) is 6.24. The molecule has 0 spiro atoms. The topological polar surface area (TPSA) is 52.7 Å². The lowest BCUT2D eigenvalue weighted by molar-refractivity contribution is 0.0211. The van der Waals surface area contributed by atoms with Crippen LogP contribution in [0.5, 0.6) is 0 Å². The first-order valence-corrected chi connectivity index (χ1v) is 6.76. The van der Waals surface area contributed by atoms with Crippen LogP contribution in [0.2, 0.25) is 0 Å². The number of nitrogens with two attached hydrogens (primary N) is 1. The molecule has 4 heteroatoms. The van der Waals surface area contributed by atoms with Crippen molar-refractivity contribution in [2.75, 3.05) is 33.3 Å². The van der Waals surface area contributed by atoms with E-state index in [0.717, 1.165) is 26.1 Å². The number of hydrogen-bond donors (Lipinski definition) is 2. The van der Waals surface area contributed by atoms with E-state index >= 15 is 0 Å². The molecule has 0 bridgehead atoms. The summed E-state index contributed by atoms with van der Waals surface area (Å²) in [5.74, 6) is 0.585. The molecule has 1 aliphatic heterocycles. The van der Waals surface area contributed by atoms with E-state index in [-0.39, 0.29) is 18.7 Å². The third-order valence-corrected chi connectivity index (χ3v) is 3.73. The Labute approximate surface area is 106 Å². The van der Waals surface area contributed by atoms with Gasteiger partial charge in [-0.3, -0.25) is 4.90 Å². The molecule has 1 heterocycles. The minimum Gasteiger partial charge on any atom is -0.395 e. The quantitative estimate of drug-likeness (QED) is 0.732. The van der Waals surface area contributed by atoms with Crippen LogP contribution in [0.4, 0.5) is 0 Å². The first kappa shape index (κ1) is 14.9. The molecule has 0 saturated carbocycles. The van der Waals surface area contributed by atoms with Gasteiger partial charge in [0.2, 0.25) is 0 Å². The highest BCUT2D eigenvalue weighted by Crippen LogP contribution is 2.17. The molecule has 1 rings (SSSR count). The molecule has 0 aromatic rings. The van der Waals surface area contributed by atoms with Gasteiger partial charge in [0.05, 0.1) is 6.61 Å². The fourth-order valence-electron chi connectivity index (χ4n) is 2.83. The van der Waals surface area contributed by atoms with Gasteiger partial charge in [0, 0.05) is 37.8 Å². The van der Waals surface area contributed by atoms with Crippen molar-refractivity contribution in [1.29, 1.82) is 0 Å². The SMILES string of the molecule is CC(C)CC(N)C(CO)N1CCN(C)CC1C. The smallest absolute Gasteiger partial charge is 0.0602 e. The molecule has 0 aromatic carbocycles. The van der Waals surface area contributed by atoms with Crippen molar-refractivity contribution in [1.82, 2.24) is 9.80 Å². The van der Waals surface area contributed by atoms with Crippen molar-refractivity contribution in [3.63, 3.8) is 0 Å². The summed E-state index contributed by atoms with van der Waals surface area (Å²) in [6.07, 6.45) is 0.976. The number of likely N-dealkylation sites (N-methyl/N-ethyl adjacent to an activating group) is 1. The average molecular weight is 243 g/mol. The first-order chi connectivity index (χ1) is 7.95. The highest BCUT2D eigenvalue weighted by atomic mass is 16.3. The third-order valence-electron chi connectivity index (χ3n) is 3.73. The van der Waals surface area contributed by atoms with E-state index in [2.05, 4.69) is 37.6 Å². The summed E-state index contributed by atoms with van der Waals surface area (Å²) >= 11 is 0. The molecule has 1 aliphatic rings. The van der Waals surface area contributed by atoms with Gasteiger partial charge in [0.25, 0.3) is 0 Å². The maximum Gasteiger partial charge on any atom is 0.0602 e. The van der Waals surface area contributed by atoms with Crippen LogP contribution < -0.4 is 5.73 Å². The molecule has 4 nitrogen and oxygen atoms in total. The maximum atomic E-state index is 9.61. The second-order valence-corrected chi connectivity index (χ2v) is 5.89. The summed E-state index contributed by atoms with van der Waals surface area (Å²) in [5, 5.41) is 9.61. The molecule has 0 aliphatic carbocycles. The van der Waals surface area contributed by atoms with Crippen LogP contribution in [0, 0.1) is 5.92 Å². The average Bonchev–Trinajstić information content (AvgIpc) is 2.21. The first-order valence-electron chi connectivity index (χ1n) is 6.76. The monoisotopic (exact) mass is 243 g/mol. The molecule has 3 unspecified atom stereocenters. The van der Waals surface area contributed by atoms with Crippen LogP contribution in [-0.2, 0) is 0 Å². The summed E-state index contributed by atoms with van der Waals surface area (Å²) in [4.78, 5) is 4.72. The van der Waals surface area contributed by atoms with E-state index in [1.165, 1.54) is 0 Å². The molecule has 1 saturated heterocycles. The van der Waals surface area contributed by atoms with Crippen LogP contribution in [0.1, 0.15) is 27.2 Å². The molecular formula is C13H29N3O. The fourth-order valence-corrected chi connectivity index (χ4v) is 2.83. The molecular weight excluding hydrogens is 214 g/mol. The number of aliphatic hydroxyl groups is 1. The van der Waals surface area contributed by atoms with Gasteiger partial charge in [-0.25, -0.2) is 0 Å². The number of nitrogens with zero attached hydrogens (tertiary/aromatic N) is 2. The largest absolute Gasteiger partial charge is 0.395 e. The van der Waals surface area contributed by atoms with Crippen LogP contribution in [0.25, 0.3) is 0 Å². The fraction of sp³-hybridized carbons (Fsp3) is 1.00. The molecule has 0 amide bonds. The summed E-state index contributed by atoms with van der Waals surface area (Å²) in [6.45, 7) is 9.89. The zero-order valence-corrected chi connectivity index (χ0v) is 11.8. The number of hydrogen-bond acceptors (Lipinski definition) is 4. The van der Waals surface area contributed by atoms with Gasteiger partial charge >= 0.3 is 0 Å². The maximum absolute atomic E-state index is 9.61. The molecule has 0 radical (unpaired) electrons. The molecule has 3 N–H and O–H groups in total. The van der Waals surface area contributed by atoms with Gasteiger partial charge in [0.1, 0.15) is 0 Å². The van der Waals surface area contributed by atoms with Gasteiger partial charge in [-0.2, -0.15) is 0 Å². The Balaban J connectivity index is 2.60. The van der Waals surface area contributed by atoms with E-state index in [1.807, 2.05) is 0 Å². The highest BCUT2D eigenvalue weighted by molar-refractivity contribution is 4.89. The van der Waals surface area contributed by atoms with Crippen molar-refractivity contribution < 1.29 is 5.11 Å². The van der Waals surface area contributed by atoms with E-state index in [9.17, 15) is 5.11 Å². The number of rotatable bonds is 5. The normalized spacial score (nSPS) is 27.4. The van der Waals surface area contributed by atoms with E-state index in [4.69, 9.17) is 5.73 Å². The van der Waals surface area contributed by atoms with E-state index < -0.39 is 0 Å². The van der Waals surface area contributed by atoms with Crippen LogP contribution in [0.3, 0.4) is 0 Å². The van der Waals surface area contributed by atoms with Gasteiger partial charge < -0.3 is 15.7 Å². The Morgan fingerprint density at radius 2 is 2.00 bits per heavy atom. The van der Waals surface area contributed by atoms with E-state index in [1.54, 1.807) is 0 Å². The van der Waals surface area contributed by atoms with Crippen LogP contribution >= 0.6 is 0 Å². The Morgan fingerprint density at radius 1 is 1.35 bits per heavy atom. The lowest BCUT2D eigenvalue weighted by Crippen LogP contribution is -2.60. The van der Waals surface area contributed by atoms with Crippen molar-refractivity contribution in [2.24, 2.45) is 11.7 Å². The van der Waals surface area contributed by atoms with Crippen LogP contribution in [-0.4, -0.2) is 66.3 Å². The molecule has 102 valence electrons. The van der Waals surface area contributed by atoms with Gasteiger partial charge in [-0.15, -0.1) is 0 Å². The second-order valence-electron chi connectivity index (χ2n) is 5.89. The second kappa shape index (κ2) is 6.69. The zero-order valence-electron chi connectivity index (χ0n) is 11.8. The highest BCUT2D eigenvalue weighted by Gasteiger charge is 2.31. The number of aliphatic hydroxyl groups excluding tert-OH is 1. The molecule has 17 heavy (non-hydrogen) atoms. The lowest BCUT2D eigenvalue weighted by atomic mass is 9.96. The molecule has 1 fully saturated rings.